The third kappa shape index (κ3) is 3.56. The number of hydrogen-bond acceptors (Lipinski definition) is 4. The maximum atomic E-state index is 12.6. The topological polar surface area (TPSA) is 35.3 Å². The van der Waals surface area contributed by atoms with Crippen LogP contribution >= 0.6 is 11.8 Å². The quantitative estimate of drug-likeness (QED) is 0.620. The summed E-state index contributed by atoms with van der Waals surface area (Å²) in [6, 6.07) is 14.2. The van der Waals surface area contributed by atoms with E-state index in [0.29, 0.717) is 10.6 Å². The molecule has 0 spiro atoms. The van der Waals surface area contributed by atoms with Gasteiger partial charge in [0.25, 0.3) is 0 Å². The van der Waals surface area contributed by atoms with Gasteiger partial charge in [0.15, 0.2) is 5.03 Å². The van der Waals surface area contributed by atoms with Crippen LogP contribution in [0.15, 0.2) is 68.9 Å². The van der Waals surface area contributed by atoms with E-state index >= 15 is 0 Å². The van der Waals surface area contributed by atoms with E-state index in [1.165, 1.54) is 31.0 Å². The zero-order valence-electron chi connectivity index (χ0n) is 12.5. The van der Waals surface area contributed by atoms with Crippen molar-refractivity contribution in [3.05, 3.63) is 60.2 Å². The number of nitrogens with zero attached hydrogens (tertiary/aromatic N) is 1. The summed E-state index contributed by atoms with van der Waals surface area (Å²) >= 11 is 1.35. The fourth-order valence-electron chi connectivity index (χ4n) is 2.01. The third-order valence-electron chi connectivity index (χ3n) is 3.17. The van der Waals surface area contributed by atoms with Crippen LogP contribution in [-0.4, -0.2) is 12.1 Å². The molecule has 0 bridgehead atoms. The molecule has 0 atom stereocenters. The molecule has 7 heteroatoms. The van der Waals surface area contributed by atoms with Gasteiger partial charge in [-0.15, -0.1) is 0 Å². The van der Waals surface area contributed by atoms with Crippen molar-refractivity contribution in [3.8, 4) is 17.4 Å². The molecule has 0 radical (unpaired) electrons. The molecule has 0 amide bonds. The van der Waals surface area contributed by atoms with E-state index in [2.05, 4.69) is 4.98 Å². The van der Waals surface area contributed by atoms with Crippen molar-refractivity contribution in [2.75, 3.05) is 7.11 Å². The van der Waals surface area contributed by atoms with Crippen LogP contribution in [0.25, 0.3) is 11.5 Å². The van der Waals surface area contributed by atoms with Gasteiger partial charge in [-0.25, -0.2) is 0 Å². The van der Waals surface area contributed by atoms with Gasteiger partial charge in [-0.2, -0.15) is 18.2 Å². The first-order valence-electron chi connectivity index (χ1n) is 6.93. The number of alkyl halides is 3. The molecule has 3 nitrogen and oxygen atoms in total. The van der Waals surface area contributed by atoms with Crippen molar-refractivity contribution in [2.24, 2.45) is 0 Å². The number of benzene rings is 2. The Morgan fingerprint density at radius 2 is 1.67 bits per heavy atom. The highest BCUT2D eigenvalue weighted by Crippen LogP contribution is 2.38. The summed E-state index contributed by atoms with van der Waals surface area (Å²) in [7, 11) is 1.45. The Hall–Kier alpha value is -2.41. The molecule has 3 rings (SSSR count). The lowest BCUT2D eigenvalue weighted by atomic mass is 10.1. The molecule has 1 aromatic heterocycles. The molecule has 0 saturated carbocycles. The van der Waals surface area contributed by atoms with Gasteiger partial charge >= 0.3 is 12.1 Å². The molecule has 0 saturated heterocycles. The second-order valence-corrected chi connectivity index (χ2v) is 5.87. The first-order chi connectivity index (χ1) is 11.5. The van der Waals surface area contributed by atoms with Gasteiger partial charge in [0.05, 0.1) is 12.7 Å². The monoisotopic (exact) mass is 351 g/mol. The maximum Gasteiger partial charge on any atom is 0.416 e. The van der Waals surface area contributed by atoms with Gasteiger partial charge in [-0.1, -0.05) is 30.0 Å². The maximum absolute atomic E-state index is 12.6. The Morgan fingerprint density at radius 3 is 2.25 bits per heavy atom. The van der Waals surface area contributed by atoms with E-state index < -0.39 is 11.7 Å². The van der Waals surface area contributed by atoms with Gasteiger partial charge < -0.3 is 9.15 Å². The molecule has 124 valence electrons. The van der Waals surface area contributed by atoms with Crippen molar-refractivity contribution in [2.45, 2.75) is 16.1 Å². The van der Waals surface area contributed by atoms with Crippen LogP contribution in [0, 0.1) is 0 Å². The first-order valence-corrected chi connectivity index (χ1v) is 7.74. The average molecular weight is 351 g/mol. The Bertz CT molecular complexity index is 814. The van der Waals surface area contributed by atoms with Crippen LogP contribution < -0.4 is 4.74 Å². The van der Waals surface area contributed by atoms with Crippen molar-refractivity contribution in [3.63, 3.8) is 0 Å². The minimum absolute atomic E-state index is 0.207. The van der Waals surface area contributed by atoms with E-state index in [1.807, 2.05) is 30.3 Å². The Labute approximate surface area is 140 Å². The second kappa shape index (κ2) is 6.60. The first kappa shape index (κ1) is 16.4. The molecule has 0 unspecified atom stereocenters. The zero-order chi connectivity index (χ0) is 17.2. The lowest BCUT2D eigenvalue weighted by Gasteiger charge is -2.05. The average Bonchev–Trinajstić information content (AvgIpc) is 2.98. The summed E-state index contributed by atoms with van der Waals surface area (Å²) in [5.41, 5.74) is -0.273. The molecule has 0 aliphatic carbocycles. The number of aromatic nitrogens is 1. The fourth-order valence-corrected chi connectivity index (χ4v) is 2.86. The van der Waals surface area contributed by atoms with Crippen LogP contribution in [-0.2, 0) is 6.18 Å². The number of halogens is 3. The van der Waals surface area contributed by atoms with Crippen LogP contribution in [0.5, 0.6) is 5.95 Å². The fraction of sp³-hybridized carbons (Fsp3) is 0.118. The SMILES string of the molecule is COc1oc(-c2ccc(C(F)(F)F)cc2)nc1Sc1ccccc1. The summed E-state index contributed by atoms with van der Waals surface area (Å²) in [5.74, 6) is 0.428. The zero-order valence-corrected chi connectivity index (χ0v) is 13.3. The second-order valence-electron chi connectivity index (χ2n) is 4.81. The van der Waals surface area contributed by atoms with Gasteiger partial charge in [0.1, 0.15) is 0 Å². The lowest BCUT2D eigenvalue weighted by molar-refractivity contribution is -0.137. The molecule has 24 heavy (non-hydrogen) atoms. The summed E-state index contributed by atoms with van der Waals surface area (Å²) in [4.78, 5) is 5.28. The Morgan fingerprint density at radius 1 is 1.00 bits per heavy atom. The minimum atomic E-state index is -4.37. The highest BCUT2D eigenvalue weighted by molar-refractivity contribution is 7.99. The molecule has 0 aliphatic rings. The third-order valence-corrected chi connectivity index (χ3v) is 4.13. The Kier molecular flexibility index (Phi) is 4.53. The molecule has 0 aliphatic heterocycles. The predicted molar refractivity (Wildman–Crippen MR) is 84.1 cm³/mol. The van der Waals surface area contributed by atoms with Crippen LogP contribution in [0.3, 0.4) is 0 Å². The van der Waals surface area contributed by atoms with Crippen LogP contribution in [0.1, 0.15) is 5.56 Å². The van der Waals surface area contributed by atoms with Gasteiger partial charge in [0.2, 0.25) is 5.89 Å². The lowest BCUT2D eigenvalue weighted by Crippen LogP contribution is -2.03. The Balaban J connectivity index is 1.89. The number of hydrogen-bond donors (Lipinski definition) is 0. The van der Waals surface area contributed by atoms with Crippen molar-refractivity contribution in [1.82, 2.24) is 4.98 Å². The summed E-state index contributed by atoms with van der Waals surface area (Å²) in [5, 5.41) is 0.513. The smallest absolute Gasteiger partial charge is 0.416 e. The normalized spacial score (nSPS) is 11.5. The summed E-state index contributed by atoms with van der Waals surface area (Å²) in [6.07, 6.45) is -4.37. The number of methoxy groups -OCH3 is 1. The number of oxazole rings is 1. The van der Waals surface area contributed by atoms with Crippen molar-refractivity contribution >= 4 is 11.8 Å². The molecule has 2 aromatic carbocycles. The molecule has 1 heterocycles. The summed E-state index contributed by atoms with van der Waals surface area (Å²) in [6.45, 7) is 0. The molecule has 3 aromatic rings. The molecular weight excluding hydrogens is 339 g/mol. The standard InChI is InChI=1S/C17H12F3NO2S/c1-22-16-15(24-13-5-3-2-4-6-13)21-14(23-16)11-7-9-12(10-8-11)17(18,19)20/h2-10H,1H3. The van der Waals surface area contributed by atoms with Gasteiger partial charge in [-0.05, 0) is 36.4 Å². The number of ether oxygens (including phenoxy) is 1. The van der Waals surface area contributed by atoms with E-state index in [9.17, 15) is 13.2 Å². The predicted octanol–water partition coefficient (Wildman–Crippen LogP) is 5.52. The van der Waals surface area contributed by atoms with E-state index in [-0.39, 0.29) is 11.8 Å². The van der Waals surface area contributed by atoms with E-state index in [1.54, 1.807) is 0 Å². The van der Waals surface area contributed by atoms with E-state index in [0.717, 1.165) is 17.0 Å². The van der Waals surface area contributed by atoms with Crippen molar-refractivity contribution in [1.29, 1.82) is 0 Å². The van der Waals surface area contributed by atoms with Gasteiger partial charge in [-0.3, -0.25) is 0 Å². The summed E-state index contributed by atoms with van der Waals surface area (Å²) < 4.78 is 48.6. The highest BCUT2D eigenvalue weighted by atomic mass is 32.2. The molecule has 0 N–H and O–H groups in total. The van der Waals surface area contributed by atoms with Gasteiger partial charge in [0, 0.05) is 10.5 Å². The molecular formula is C17H12F3NO2S. The molecule has 0 fully saturated rings. The van der Waals surface area contributed by atoms with E-state index in [4.69, 9.17) is 9.15 Å². The van der Waals surface area contributed by atoms with Crippen LogP contribution in [0.4, 0.5) is 13.2 Å². The number of rotatable bonds is 4. The van der Waals surface area contributed by atoms with Crippen LogP contribution in [0.2, 0.25) is 0 Å². The van der Waals surface area contributed by atoms with Crippen molar-refractivity contribution < 1.29 is 22.3 Å². The minimum Gasteiger partial charge on any atom is -0.466 e. The largest absolute Gasteiger partial charge is 0.466 e. The highest BCUT2D eigenvalue weighted by Gasteiger charge is 2.30.